The summed E-state index contributed by atoms with van der Waals surface area (Å²) in [7, 11) is 0. The van der Waals surface area contributed by atoms with Crippen LogP contribution in [0, 0.1) is 5.26 Å². The maximum atomic E-state index is 12.6. The lowest BCUT2D eigenvalue weighted by atomic mass is 10.3. The third kappa shape index (κ3) is 1.16. The van der Waals surface area contributed by atoms with Crippen LogP contribution in [0.4, 0.5) is 4.39 Å². The second kappa shape index (κ2) is 2.53. The summed E-state index contributed by atoms with van der Waals surface area (Å²) in [6.07, 6.45) is 0. The largest absolute Gasteiger partial charge is 0.270 e. The monoisotopic (exact) mass is 231 g/mol. The fourth-order valence-corrected chi connectivity index (χ4v) is 2.19. The first-order valence-corrected chi connectivity index (χ1v) is 4.59. The molecule has 0 N–H and O–H groups in total. The molecule has 0 unspecified atom stereocenters. The summed E-state index contributed by atoms with van der Waals surface area (Å²) in [5.74, 6) is 0. The van der Waals surface area contributed by atoms with Crippen molar-refractivity contribution in [1.82, 2.24) is 4.98 Å². The standard InChI is InChI=1S/C7H3BrFNS/c8-4-2-1-3-5-6(4)10-7(9)11-5/h1-3H. The van der Waals surface area contributed by atoms with Gasteiger partial charge in [0, 0.05) is 4.47 Å². The fraction of sp³-hybridized carbons (Fsp3) is 0. The van der Waals surface area contributed by atoms with Crippen LogP contribution < -0.4 is 0 Å². The minimum absolute atomic E-state index is 0.382. The van der Waals surface area contributed by atoms with Gasteiger partial charge in [0.2, 0.25) is 0 Å². The molecule has 0 bridgehead atoms. The Morgan fingerprint density at radius 1 is 1.45 bits per heavy atom. The van der Waals surface area contributed by atoms with Gasteiger partial charge in [-0.3, -0.25) is 0 Å². The summed E-state index contributed by atoms with van der Waals surface area (Å²) in [4.78, 5) is 3.72. The van der Waals surface area contributed by atoms with Gasteiger partial charge in [0.1, 0.15) is 0 Å². The van der Waals surface area contributed by atoms with E-state index in [0.717, 1.165) is 20.5 Å². The molecule has 0 aliphatic heterocycles. The molecular formula is C7H3BrFNS. The van der Waals surface area contributed by atoms with Crippen LogP contribution in [0.3, 0.4) is 0 Å². The van der Waals surface area contributed by atoms with Gasteiger partial charge in [-0.1, -0.05) is 17.4 Å². The van der Waals surface area contributed by atoms with Crippen LogP contribution in [0.1, 0.15) is 0 Å². The quantitative estimate of drug-likeness (QED) is 0.679. The SMILES string of the molecule is Fc1nc2c(Br)cccc2s1. The van der Waals surface area contributed by atoms with E-state index in [2.05, 4.69) is 20.9 Å². The average Bonchev–Trinajstić information content (AvgIpc) is 2.31. The van der Waals surface area contributed by atoms with Crippen molar-refractivity contribution in [3.05, 3.63) is 27.9 Å². The van der Waals surface area contributed by atoms with Crippen molar-refractivity contribution < 1.29 is 4.39 Å². The molecule has 0 saturated heterocycles. The first kappa shape index (κ1) is 7.18. The van der Waals surface area contributed by atoms with Crippen molar-refractivity contribution in [2.75, 3.05) is 0 Å². The summed E-state index contributed by atoms with van der Waals surface area (Å²) in [5.41, 5.74) is 0.704. The van der Waals surface area contributed by atoms with Crippen LogP contribution in [-0.2, 0) is 0 Å². The van der Waals surface area contributed by atoms with Gasteiger partial charge in [-0.05, 0) is 28.1 Å². The van der Waals surface area contributed by atoms with Gasteiger partial charge < -0.3 is 0 Å². The Labute approximate surface area is 75.0 Å². The zero-order valence-electron chi connectivity index (χ0n) is 5.34. The molecule has 0 aliphatic carbocycles. The second-order valence-electron chi connectivity index (χ2n) is 2.05. The number of thiazole rings is 1. The van der Waals surface area contributed by atoms with Gasteiger partial charge >= 0.3 is 0 Å². The summed E-state index contributed by atoms with van der Waals surface area (Å²) in [6.45, 7) is 0. The third-order valence-corrected chi connectivity index (χ3v) is 2.79. The molecule has 0 saturated carbocycles. The van der Waals surface area contributed by atoms with Crippen LogP contribution in [0.25, 0.3) is 10.2 Å². The highest BCUT2D eigenvalue weighted by molar-refractivity contribution is 9.10. The van der Waals surface area contributed by atoms with Crippen LogP contribution in [-0.4, -0.2) is 4.98 Å². The van der Waals surface area contributed by atoms with Crippen molar-refractivity contribution in [1.29, 1.82) is 0 Å². The first-order chi connectivity index (χ1) is 5.27. The van der Waals surface area contributed by atoms with Gasteiger partial charge in [-0.15, -0.1) is 0 Å². The van der Waals surface area contributed by atoms with Gasteiger partial charge in [-0.2, -0.15) is 4.39 Å². The molecule has 0 fully saturated rings. The van der Waals surface area contributed by atoms with Crippen LogP contribution in [0.2, 0.25) is 0 Å². The Hall–Kier alpha value is -0.480. The smallest absolute Gasteiger partial charge is 0.208 e. The number of hydrogen-bond acceptors (Lipinski definition) is 2. The number of halogens is 2. The Bertz CT molecular complexity index is 398. The van der Waals surface area contributed by atoms with Crippen molar-refractivity contribution >= 4 is 37.5 Å². The zero-order chi connectivity index (χ0) is 7.84. The van der Waals surface area contributed by atoms with Crippen molar-refractivity contribution in [3.63, 3.8) is 0 Å². The van der Waals surface area contributed by atoms with Gasteiger partial charge in [0.15, 0.2) is 0 Å². The van der Waals surface area contributed by atoms with E-state index in [1.54, 1.807) is 0 Å². The van der Waals surface area contributed by atoms with Crippen LogP contribution in [0.5, 0.6) is 0 Å². The van der Waals surface area contributed by atoms with E-state index in [4.69, 9.17) is 0 Å². The van der Waals surface area contributed by atoms with Crippen molar-refractivity contribution in [3.8, 4) is 0 Å². The van der Waals surface area contributed by atoms with Gasteiger partial charge in [-0.25, -0.2) is 4.98 Å². The Morgan fingerprint density at radius 3 is 3.00 bits per heavy atom. The highest BCUT2D eigenvalue weighted by Crippen LogP contribution is 2.26. The first-order valence-electron chi connectivity index (χ1n) is 2.98. The number of hydrogen-bond donors (Lipinski definition) is 0. The highest BCUT2D eigenvalue weighted by Gasteiger charge is 2.04. The average molecular weight is 232 g/mol. The lowest BCUT2D eigenvalue weighted by Crippen LogP contribution is -1.70. The van der Waals surface area contributed by atoms with E-state index < -0.39 is 0 Å². The molecule has 0 spiro atoms. The predicted octanol–water partition coefficient (Wildman–Crippen LogP) is 3.20. The molecule has 56 valence electrons. The van der Waals surface area contributed by atoms with E-state index >= 15 is 0 Å². The van der Waals surface area contributed by atoms with E-state index in [9.17, 15) is 4.39 Å². The van der Waals surface area contributed by atoms with E-state index in [0.29, 0.717) is 5.52 Å². The molecule has 1 heterocycles. The molecular weight excluding hydrogens is 229 g/mol. The molecule has 0 radical (unpaired) electrons. The predicted molar refractivity (Wildman–Crippen MR) is 47.3 cm³/mol. The van der Waals surface area contributed by atoms with E-state index in [1.807, 2.05) is 18.2 Å². The number of benzene rings is 1. The molecule has 11 heavy (non-hydrogen) atoms. The normalized spacial score (nSPS) is 10.7. The number of aromatic nitrogens is 1. The molecule has 1 aromatic heterocycles. The Kier molecular flexibility index (Phi) is 1.65. The minimum Gasteiger partial charge on any atom is -0.208 e. The number of nitrogens with zero attached hydrogens (tertiary/aromatic N) is 1. The van der Waals surface area contributed by atoms with Crippen molar-refractivity contribution in [2.45, 2.75) is 0 Å². The highest BCUT2D eigenvalue weighted by atomic mass is 79.9. The second-order valence-corrected chi connectivity index (χ2v) is 3.89. The third-order valence-electron chi connectivity index (χ3n) is 1.34. The Morgan fingerprint density at radius 2 is 2.27 bits per heavy atom. The Balaban J connectivity index is 2.90. The molecule has 4 heteroatoms. The van der Waals surface area contributed by atoms with Gasteiger partial charge in [0.25, 0.3) is 5.26 Å². The summed E-state index contributed by atoms with van der Waals surface area (Å²) < 4.78 is 14.3. The molecule has 0 atom stereocenters. The summed E-state index contributed by atoms with van der Waals surface area (Å²) >= 11 is 4.35. The molecule has 0 amide bonds. The lowest BCUT2D eigenvalue weighted by Gasteiger charge is -1.87. The van der Waals surface area contributed by atoms with Crippen LogP contribution >= 0.6 is 27.3 Å². The number of fused-ring (bicyclic) bond motifs is 1. The summed E-state index contributed by atoms with van der Waals surface area (Å²) in [6, 6.07) is 5.56. The van der Waals surface area contributed by atoms with Crippen molar-refractivity contribution in [2.24, 2.45) is 0 Å². The number of para-hydroxylation sites is 1. The molecule has 2 rings (SSSR count). The van der Waals surface area contributed by atoms with E-state index in [1.165, 1.54) is 0 Å². The molecule has 1 aromatic carbocycles. The molecule has 2 aromatic rings. The maximum absolute atomic E-state index is 12.6. The topological polar surface area (TPSA) is 12.9 Å². The lowest BCUT2D eigenvalue weighted by molar-refractivity contribution is 0.620. The molecule has 0 aliphatic rings. The fourth-order valence-electron chi connectivity index (χ4n) is 0.888. The number of rotatable bonds is 0. The maximum Gasteiger partial charge on any atom is 0.270 e. The summed E-state index contributed by atoms with van der Waals surface area (Å²) in [5, 5.41) is -0.382. The minimum atomic E-state index is -0.382. The van der Waals surface area contributed by atoms with Crippen LogP contribution in [0.15, 0.2) is 22.7 Å². The zero-order valence-corrected chi connectivity index (χ0v) is 7.75. The van der Waals surface area contributed by atoms with E-state index in [-0.39, 0.29) is 5.26 Å². The van der Waals surface area contributed by atoms with Gasteiger partial charge in [0.05, 0.1) is 10.2 Å². The molecule has 1 nitrogen and oxygen atoms in total.